The van der Waals surface area contributed by atoms with Crippen molar-refractivity contribution >= 4 is 21.6 Å². The van der Waals surface area contributed by atoms with Crippen LogP contribution in [0.25, 0.3) is 10.2 Å². The summed E-state index contributed by atoms with van der Waals surface area (Å²) in [5, 5.41) is 9.57. The van der Waals surface area contributed by atoms with Gasteiger partial charge in [0.2, 0.25) is 0 Å². The second-order valence-electron chi connectivity index (χ2n) is 4.07. The van der Waals surface area contributed by atoms with Gasteiger partial charge >= 0.3 is 0 Å². The maximum Gasteiger partial charge on any atom is 0.103 e. The Hall–Kier alpha value is -0.870. The van der Waals surface area contributed by atoms with Crippen LogP contribution in [-0.4, -0.2) is 16.7 Å². The predicted molar refractivity (Wildman–Crippen MR) is 58.6 cm³/mol. The van der Waals surface area contributed by atoms with E-state index >= 15 is 0 Å². The highest BCUT2D eigenvalue weighted by Crippen LogP contribution is 2.45. The fourth-order valence-corrected chi connectivity index (χ4v) is 3.21. The summed E-state index contributed by atoms with van der Waals surface area (Å²) in [6.45, 7) is 0.738. The third-order valence-corrected chi connectivity index (χ3v) is 4.31. The zero-order valence-electron chi connectivity index (χ0n) is 7.92. The molecular formula is C10H13N3S. The third kappa shape index (κ3) is 0.925. The van der Waals surface area contributed by atoms with Crippen LogP contribution in [0, 0.1) is 0 Å². The number of hydrogen-bond acceptors (Lipinski definition) is 3. The Morgan fingerprint density at radius 1 is 1.57 bits per heavy atom. The summed E-state index contributed by atoms with van der Waals surface area (Å²) in [4.78, 5) is 0. The van der Waals surface area contributed by atoms with Crippen LogP contribution in [-0.2, 0) is 5.41 Å². The SMILES string of the molecule is NCC1(c2[nH]nc3ccsc23)CCC1. The van der Waals surface area contributed by atoms with Crippen molar-refractivity contribution in [1.82, 2.24) is 10.2 Å². The molecule has 0 unspecified atom stereocenters. The lowest BCUT2D eigenvalue weighted by molar-refractivity contribution is 0.248. The van der Waals surface area contributed by atoms with Gasteiger partial charge < -0.3 is 5.73 Å². The van der Waals surface area contributed by atoms with E-state index in [2.05, 4.69) is 21.6 Å². The molecule has 1 aliphatic carbocycles. The van der Waals surface area contributed by atoms with Crippen LogP contribution < -0.4 is 5.73 Å². The van der Waals surface area contributed by atoms with Gasteiger partial charge in [-0.25, -0.2) is 0 Å². The van der Waals surface area contributed by atoms with Gasteiger partial charge in [0.25, 0.3) is 0 Å². The first-order valence-corrected chi connectivity index (χ1v) is 5.86. The molecule has 0 amide bonds. The second kappa shape index (κ2) is 2.81. The van der Waals surface area contributed by atoms with Crippen molar-refractivity contribution in [2.75, 3.05) is 6.54 Å². The van der Waals surface area contributed by atoms with E-state index in [1.54, 1.807) is 11.3 Å². The van der Waals surface area contributed by atoms with Crippen molar-refractivity contribution in [3.63, 3.8) is 0 Å². The Balaban J connectivity index is 2.16. The number of aromatic amines is 1. The Kier molecular flexibility index (Phi) is 1.69. The van der Waals surface area contributed by atoms with Gasteiger partial charge in [0.05, 0.1) is 10.4 Å². The molecule has 3 N–H and O–H groups in total. The minimum atomic E-state index is 0.208. The van der Waals surface area contributed by atoms with E-state index in [4.69, 9.17) is 5.73 Å². The Labute approximate surface area is 86.3 Å². The number of aromatic nitrogens is 2. The summed E-state index contributed by atoms with van der Waals surface area (Å²) in [5.41, 5.74) is 8.45. The van der Waals surface area contributed by atoms with Crippen molar-refractivity contribution in [2.45, 2.75) is 24.7 Å². The normalized spacial score (nSPS) is 19.8. The van der Waals surface area contributed by atoms with E-state index in [0.29, 0.717) is 0 Å². The molecule has 2 aromatic rings. The number of nitrogens with two attached hydrogens (primary N) is 1. The monoisotopic (exact) mass is 207 g/mol. The molecule has 1 fully saturated rings. The maximum atomic E-state index is 5.88. The molecule has 1 saturated carbocycles. The fourth-order valence-electron chi connectivity index (χ4n) is 2.26. The van der Waals surface area contributed by atoms with E-state index in [1.807, 2.05) is 0 Å². The topological polar surface area (TPSA) is 54.7 Å². The van der Waals surface area contributed by atoms with E-state index in [1.165, 1.54) is 29.7 Å². The molecule has 14 heavy (non-hydrogen) atoms. The van der Waals surface area contributed by atoms with E-state index in [9.17, 15) is 0 Å². The summed E-state index contributed by atoms with van der Waals surface area (Å²) in [6.07, 6.45) is 3.71. The van der Waals surface area contributed by atoms with Gasteiger partial charge in [0.15, 0.2) is 0 Å². The zero-order chi connectivity index (χ0) is 9.60. The third-order valence-electron chi connectivity index (χ3n) is 3.39. The number of rotatable bonds is 2. The molecular weight excluding hydrogens is 194 g/mol. The molecule has 74 valence electrons. The molecule has 0 saturated heterocycles. The number of nitrogens with zero attached hydrogens (tertiary/aromatic N) is 1. The maximum absolute atomic E-state index is 5.88. The molecule has 0 bridgehead atoms. The average molecular weight is 207 g/mol. The molecule has 0 radical (unpaired) electrons. The first kappa shape index (κ1) is 8.44. The quantitative estimate of drug-likeness (QED) is 0.791. The molecule has 0 aromatic carbocycles. The van der Waals surface area contributed by atoms with Gasteiger partial charge in [-0.3, -0.25) is 5.10 Å². The number of nitrogens with one attached hydrogen (secondary N) is 1. The molecule has 2 heterocycles. The molecule has 3 nitrogen and oxygen atoms in total. The molecule has 0 atom stereocenters. The number of hydrogen-bond donors (Lipinski definition) is 2. The average Bonchev–Trinajstić information content (AvgIpc) is 2.67. The standard InChI is InChI=1S/C10H13N3S/c11-6-10(3-1-4-10)9-8-7(12-13-9)2-5-14-8/h2,5H,1,3-4,6,11H2,(H,12,13). The van der Waals surface area contributed by atoms with Crippen LogP contribution in [0.4, 0.5) is 0 Å². The van der Waals surface area contributed by atoms with E-state index in [0.717, 1.165) is 12.1 Å². The van der Waals surface area contributed by atoms with E-state index < -0.39 is 0 Å². The largest absolute Gasteiger partial charge is 0.330 e. The van der Waals surface area contributed by atoms with Crippen molar-refractivity contribution in [3.05, 3.63) is 17.1 Å². The van der Waals surface area contributed by atoms with Gasteiger partial charge in [-0.2, -0.15) is 5.10 Å². The summed E-state index contributed by atoms with van der Waals surface area (Å²) in [6, 6.07) is 2.06. The number of H-pyrrole nitrogens is 1. The van der Waals surface area contributed by atoms with Crippen molar-refractivity contribution in [2.24, 2.45) is 5.73 Å². The summed E-state index contributed by atoms with van der Waals surface area (Å²) < 4.78 is 1.30. The highest BCUT2D eigenvalue weighted by atomic mass is 32.1. The summed E-state index contributed by atoms with van der Waals surface area (Å²) in [7, 11) is 0. The van der Waals surface area contributed by atoms with Crippen molar-refractivity contribution in [3.8, 4) is 0 Å². The number of fused-ring (bicyclic) bond motifs is 1. The first-order valence-electron chi connectivity index (χ1n) is 4.98. The van der Waals surface area contributed by atoms with Gasteiger partial charge in [0, 0.05) is 12.0 Å². The smallest absolute Gasteiger partial charge is 0.103 e. The molecule has 4 heteroatoms. The number of thiophene rings is 1. The van der Waals surface area contributed by atoms with Crippen molar-refractivity contribution < 1.29 is 0 Å². The molecule has 1 aliphatic rings. The molecule has 0 spiro atoms. The lowest BCUT2D eigenvalue weighted by Crippen LogP contribution is -2.41. The lowest BCUT2D eigenvalue weighted by atomic mass is 9.66. The molecule has 2 aromatic heterocycles. The van der Waals surface area contributed by atoms with Gasteiger partial charge in [-0.05, 0) is 24.3 Å². The summed E-state index contributed by atoms with van der Waals surface area (Å²) >= 11 is 1.76. The van der Waals surface area contributed by atoms with Gasteiger partial charge in [-0.15, -0.1) is 11.3 Å². The molecule has 3 rings (SSSR count). The predicted octanol–water partition coefficient (Wildman–Crippen LogP) is 2.00. The second-order valence-corrected chi connectivity index (χ2v) is 4.99. The fraction of sp³-hybridized carbons (Fsp3) is 0.500. The van der Waals surface area contributed by atoms with Crippen molar-refractivity contribution in [1.29, 1.82) is 0 Å². The highest BCUT2D eigenvalue weighted by molar-refractivity contribution is 7.17. The van der Waals surface area contributed by atoms with Gasteiger partial charge in [-0.1, -0.05) is 6.42 Å². The van der Waals surface area contributed by atoms with Crippen LogP contribution >= 0.6 is 11.3 Å². The van der Waals surface area contributed by atoms with Crippen LogP contribution in [0.15, 0.2) is 11.4 Å². The molecule has 0 aliphatic heterocycles. The zero-order valence-corrected chi connectivity index (χ0v) is 8.73. The first-order chi connectivity index (χ1) is 6.86. The lowest BCUT2D eigenvalue weighted by Gasteiger charge is -2.39. The Bertz CT molecular complexity index is 447. The van der Waals surface area contributed by atoms with Crippen LogP contribution in [0.5, 0.6) is 0 Å². The van der Waals surface area contributed by atoms with Crippen LogP contribution in [0.1, 0.15) is 25.0 Å². The minimum absolute atomic E-state index is 0.208. The van der Waals surface area contributed by atoms with Gasteiger partial charge in [0.1, 0.15) is 5.52 Å². The Morgan fingerprint density at radius 2 is 2.43 bits per heavy atom. The summed E-state index contributed by atoms with van der Waals surface area (Å²) in [5.74, 6) is 0. The van der Waals surface area contributed by atoms with Crippen LogP contribution in [0.2, 0.25) is 0 Å². The van der Waals surface area contributed by atoms with Crippen LogP contribution in [0.3, 0.4) is 0 Å². The minimum Gasteiger partial charge on any atom is -0.330 e. The highest BCUT2D eigenvalue weighted by Gasteiger charge is 2.40. The Morgan fingerprint density at radius 3 is 3.07 bits per heavy atom. The van der Waals surface area contributed by atoms with E-state index in [-0.39, 0.29) is 5.41 Å².